The van der Waals surface area contributed by atoms with Gasteiger partial charge < -0.3 is 25.3 Å². The highest BCUT2D eigenvalue weighted by Crippen LogP contribution is 2.35. The molecule has 0 amide bonds. The Hall–Kier alpha value is -4.87. The minimum absolute atomic E-state index is 0.0867. The second-order valence-electron chi connectivity index (χ2n) is 7.55. The van der Waals surface area contributed by atoms with E-state index in [1.165, 1.54) is 39.7 Å². The third-order valence-corrected chi connectivity index (χ3v) is 5.40. The normalized spacial score (nSPS) is 11.6. The summed E-state index contributed by atoms with van der Waals surface area (Å²) >= 11 is 0. The summed E-state index contributed by atoms with van der Waals surface area (Å²) in [6, 6.07) is 11.7. The van der Waals surface area contributed by atoms with E-state index >= 15 is 4.39 Å². The number of ether oxygens (including phenoxy) is 3. The van der Waals surface area contributed by atoms with Crippen LogP contribution in [0.4, 0.5) is 10.1 Å². The van der Waals surface area contributed by atoms with Gasteiger partial charge in [-0.1, -0.05) is 0 Å². The van der Waals surface area contributed by atoms with Crippen molar-refractivity contribution in [2.45, 2.75) is 6.04 Å². The number of halogens is 1. The summed E-state index contributed by atoms with van der Waals surface area (Å²) in [5, 5.41) is 15.2. The summed E-state index contributed by atoms with van der Waals surface area (Å²) in [4.78, 5) is 19.7. The molecule has 1 atom stereocenters. The smallest absolute Gasteiger partial charge is 0.349 e. The Morgan fingerprint density at radius 2 is 1.75 bits per heavy atom. The molecule has 0 bridgehead atoms. The zero-order valence-corrected chi connectivity index (χ0v) is 19.7. The first-order valence-electron chi connectivity index (χ1n) is 10.7. The maximum Gasteiger partial charge on any atom is 0.349 e. The van der Waals surface area contributed by atoms with Gasteiger partial charge in [0.25, 0.3) is 0 Å². The molecule has 0 radical (unpaired) electrons. The zero-order valence-electron chi connectivity index (χ0n) is 19.7. The van der Waals surface area contributed by atoms with E-state index in [9.17, 15) is 4.79 Å². The SMILES string of the molecule is COc1cc(F)c(C(Nc2ccc(C(=N)N)cc2)c2nn(-c3ncccc3OC)c(=O)[nH]2)cc1OC. The Morgan fingerprint density at radius 3 is 2.39 bits per heavy atom. The predicted molar refractivity (Wildman–Crippen MR) is 131 cm³/mol. The molecule has 4 rings (SSSR count). The van der Waals surface area contributed by atoms with Crippen LogP contribution in [0, 0.1) is 11.2 Å². The Bertz CT molecular complexity index is 1450. The fourth-order valence-electron chi connectivity index (χ4n) is 3.61. The van der Waals surface area contributed by atoms with Gasteiger partial charge in [-0.05, 0) is 42.5 Å². The van der Waals surface area contributed by atoms with Gasteiger partial charge in [0, 0.05) is 29.1 Å². The Balaban J connectivity index is 1.85. The van der Waals surface area contributed by atoms with E-state index in [-0.39, 0.29) is 28.8 Å². The van der Waals surface area contributed by atoms with Crippen LogP contribution in [0.25, 0.3) is 5.82 Å². The lowest BCUT2D eigenvalue weighted by atomic mass is 10.0. The Morgan fingerprint density at radius 1 is 1.08 bits per heavy atom. The predicted octanol–water partition coefficient (Wildman–Crippen LogP) is 2.61. The molecule has 2 aromatic heterocycles. The summed E-state index contributed by atoms with van der Waals surface area (Å²) in [5.74, 6) is 0.410. The third kappa shape index (κ3) is 4.69. The van der Waals surface area contributed by atoms with E-state index in [2.05, 4.69) is 20.4 Å². The standard InChI is InChI=1S/C24H24FN7O4/c1-34-17-5-4-10-28-23(17)32-24(33)30-22(31-32)20(29-14-8-6-13(7-9-14)21(26)27)15-11-18(35-2)19(36-3)12-16(15)25/h4-12,20,29H,1-3H3,(H3,26,27)(H,30,31,33). The van der Waals surface area contributed by atoms with E-state index in [0.717, 1.165) is 4.68 Å². The summed E-state index contributed by atoms with van der Waals surface area (Å²) in [6.45, 7) is 0. The zero-order chi connectivity index (χ0) is 25.8. The van der Waals surface area contributed by atoms with Crippen LogP contribution in [-0.2, 0) is 0 Å². The maximum atomic E-state index is 15.3. The first-order chi connectivity index (χ1) is 17.4. The number of nitrogens with zero attached hydrogens (tertiary/aromatic N) is 3. The first-order valence-corrected chi connectivity index (χ1v) is 10.7. The van der Waals surface area contributed by atoms with Crippen molar-refractivity contribution >= 4 is 11.5 Å². The van der Waals surface area contributed by atoms with Gasteiger partial charge in [-0.2, -0.15) is 4.68 Å². The van der Waals surface area contributed by atoms with Crippen LogP contribution in [-0.4, -0.2) is 46.9 Å². The molecular weight excluding hydrogens is 469 g/mol. The van der Waals surface area contributed by atoms with Gasteiger partial charge >= 0.3 is 5.69 Å². The molecule has 0 aliphatic carbocycles. The molecule has 2 aromatic carbocycles. The number of methoxy groups -OCH3 is 3. The molecule has 186 valence electrons. The molecule has 4 aromatic rings. The monoisotopic (exact) mass is 493 g/mol. The number of aromatic nitrogens is 4. The van der Waals surface area contributed by atoms with Crippen molar-refractivity contribution in [3.8, 4) is 23.1 Å². The molecule has 12 heteroatoms. The van der Waals surface area contributed by atoms with Gasteiger partial charge in [0.15, 0.2) is 23.1 Å². The van der Waals surface area contributed by atoms with Gasteiger partial charge in [0.1, 0.15) is 17.7 Å². The van der Waals surface area contributed by atoms with Gasteiger partial charge in [-0.25, -0.2) is 14.2 Å². The minimum Gasteiger partial charge on any atom is -0.493 e. The molecule has 0 fully saturated rings. The second-order valence-corrected chi connectivity index (χ2v) is 7.55. The van der Waals surface area contributed by atoms with Crippen LogP contribution in [0.1, 0.15) is 23.0 Å². The summed E-state index contributed by atoms with van der Waals surface area (Å²) < 4.78 is 32.2. The molecular formula is C24H24FN7O4. The molecule has 0 aliphatic heterocycles. The van der Waals surface area contributed by atoms with Crippen LogP contribution >= 0.6 is 0 Å². The molecule has 5 N–H and O–H groups in total. The second kappa shape index (κ2) is 10.2. The van der Waals surface area contributed by atoms with Crippen LogP contribution < -0.4 is 31.0 Å². The highest BCUT2D eigenvalue weighted by atomic mass is 19.1. The van der Waals surface area contributed by atoms with Gasteiger partial charge in [0.05, 0.1) is 21.3 Å². The molecule has 0 spiro atoms. The van der Waals surface area contributed by atoms with E-state index in [4.69, 9.17) is 25.4 Å². The van der Waals surface area contributed by atoms with Crippen LogP contribution in [0.5, 0.6) is 17.2 Å². The van der Waals surface area contributed by atoms with E-state index < -0.39 is 17.5 Å². The number of benzene rings is 2. The number of pyridine rings is 1. The summed E-state index contributed by atoms with van der Waals surface area (Å²) in [7, 11) is 4.29. The van der Waals surface area contributed by atoms with Crippen molar-refractivity contribution in [3.63, 3.8) is 0 Å². The minimum atomic E-state index is -0.961. The van der Waals surface area contributed by atoms with Crippen molar-refractivity contribution in [2.75, 3.05) is 26.6 Å². The molecule has 0 aliphatic rings. The lowest BCUT2D eigenvalue weighted by molar-refractivity contribution is 0.351. The Kier molecular flexibility index (Phi) is 6.86. The van der Waals surface area contributed by atoms with Crippen LogP contribution in [0.2, 0.25) is 0 Å². The molecule has 11 nitrogen and oxygen atoms in total. The van der Waals surface area contributed by atoms with Crippen LogP contribution in [0.3, 0.4) is 0 Å². The molecule has 0 saturated carbocycles. The average molecular weight is 493 g/mol. The van der Waals surface area contributed by atoms with E-state index in [1.807, 2.05) is 0 Å². The number of nitrogens with one attached hydrogen (secondary N) is 3. The number of amidine groups is 1. The largest absolute Gasteiger partial charge is 0.493 e. The maximum absolute atomic E-state index is 15.3. The highest BCUT2D eigenvalue weighted by Gasteiger charge is 2.26. The highest BCUT2D eigenvalue weighted by molar-refractivity contribution is 5.95. The van der Waals surface area contributed by atoms with Crippen molar-refractivity contribution in [1.29, 1.82) is 5.41 Å². The third-order valence-electron chi connectivity index (χ3n) is 5.40. The number of rotatable bonds is 9. The number of nitrogen functional groups attached to an aromatic ring is 1. The molecule has 0 saturated heterocycles. The van der Waals surface area contributed by atoms with Gasteiger partial charge in [0.2, 0.25) is 5.82 Å². The van der Waals surface area contributed by atoms with Crippen molar-refractivity contribution in [1.82, 2.24) is 19.7 Å². The molecule has 36 heavy (non-hydrogen) atoms. The quantitative estimate of drug-likeness (QED) is 0.205. The van der Waals surface area contributed by atoms with Crippen LogP contribution in [0.15, 0.2) is 59.5 Å². The van der Waals surface area contributed by atoms with Crippen molar-refractivity contribution < 1.29 is 18.6 Å². The van der Waals surface area contributed by atoms with E-state index in [1.54, 1.807) is 36.4 Å². The number of nitrogens with two attached hydrogens (primary N) is 1. The van der Waals surface area contributed by atoms with E-state index in [0.29, 0.717) is 22.7 Å². The lowest BCUT2D eigenvalue weighted by Gasteiger charge is -2.20. The fraction of sp³-hybridized carbons (Fsp3) is 0.167. The number of anilines is 1. The molecule has 2 heterocycles. The van der Waals surface area contributed by atoms with Gasteiger partial charge in [-0.3, -0.25) is 10.4 Å². The summed E-state index contributed by atoms with van der Waals surface area (Å²) in [5.41, 5.74) is 6.17. The Labute approximate surface area is 205 Å². The van der Waals surface area contributed by atoms with Gasteiger partial charge in [-0.15, -0.1) is 5.10 Å². The van der Waals surface area contributed by atoms with Crippen molar-refractivity contribution in [3.05, 3.63) is 88.0 Å². The number of hydrogen-bond acceptors (Lipinski definition) is 8. The summed E-state index contributed by atoms with van der Waals surface area (Å²) in [6.07, 6.45) is 1.50. The average Bonchev–Trinajstić information content (AvgIpc) is 3.28. The molecule has 1 unspecified atom stereocenters. The fourth-order valence-corrected chi connectivity index (χ4v) is 3.61. The topological polar surface area (TPSA) is 153 Å². The number of hydrogen-bond donors (Lipinski definition) is 4. The first kappa shape index (κ1) is 24.3. The van der Waals surface area contributed by atoms with Crippen molar-refractivity contribution in [2.24, 2.45) is 5.73 Å². The lowest BCUT2D eigenvalue weighted by Crippen LogP contribution is -2.18. The number of H-pyrrole nitrogens is 1. The number of aromatic amines is 1.